The van der Waals surface area contributed by atoms with E-state index in [1.54, 1.807) is 18.2 Å². The van der Waals surface area contributed by atoms with E-state index in [1.807, 2.05) is 27.7 Å². The van der Waals surface area contributed by atoms with Gasteiger partial charge in [-0.25, -0.2) is 9.78 Å². The van der Waals surface area contributed by atoms with E-state index in [0.29, 0.717) is 65.6 Å². The highest BCUT2D eigenvalue weighted by Crippen LogP contribution is 2.52. The molecule has 2 aromatic heterocycles. The number of likely N-dealkylation sites (tertiary alicyclic amines) is 1. The first-order valence-electron chi connectivity index (χ1n) is 18.1. The largest absolute Gasteiger partial charge is 0.491 e. The summed E-state index contributed by atoms with van der Waals surface area (Å²) in [4.78, 5) is 48.3. The molecule has 53 heavy (non-hydrogen) atoms. The third-order valence-electron chi connectivity index (χ3n) is 10.3. The van der Waals surface area contributed by atoms with E-state index < -0.39 is 41.5 Å². The monoisotopic (exact) mass is 771 g/mol. The van der Waals surface area contributed by atoms with Gasteiger partial charge in [-0.1, -0.05) is 48.8 Å². The lowest BCUT2D eigenvalue weighted by atomic mass is 9.85. The Morgan fingerprint density at radius 1 is 1.08 bits per heavy atom. The fourth-order valence-electron chi connectivity index (χ4n) is 7.42. The number of pyridine rings is 1. The van der Waals surface area contributed by atoms with Crippen LogP contribution in [0.15, 0.2) is 18.2 Å². The number of fused-ring (bicyclic) bond motifs is 2. The molecule has 2 aliphatic carbocycles. The molecule has 4 aliphatic rings. The standard InChI is InChI=1S/C36H46ClN7O8S/c1-19-41-42-35(53-19)52-28-17-27(24-5-6-26(29(37)30(24)39-28)49-12-9-43-7-10-48-11-8-43)50-23-16-25(32(38)45)44(18-23)33(46)31(36(2,3)4)40-34(47)51-22-14-20-13-21(20)15-22/h5-6,17,20-23,25,31H,7-16,18H2,1-4H3,(H2,38,45)(H,40,47)/t20-,21+,22?,23?,25-,31+/m0/s1. The van der Waals surface area contributed by atoms with E-state index in [-0.39, 0.29) is 35.2 Å². The highest BCUT2D eigenvalue weighted by molar-refractivity contribution is 7.13. The quantitative estimate of drug-likeness (QED) is 0.267. The summed E-state index contributed by atoms with van der Waals surface area (Å²) in [6.45, 7) is 11.6. The van der Waals surface area contributed by atoms with Crippen molar-refractivity contribution in [3.05, 3.63) is 28.2 Å². The van der Waals surface area contributed by atoms with Gasteiger partial charge in [0.1, 0.15) is 57.9 Å². The van der Waals surface area contributed by atoms with Gasteiger partial charge in [-0.2, -0.15) is 0 Å². The van der Waals surface area contributed by atoms with Gasteiger partial charge >= 0.3 is 11.3 Å². The zero-order valence-electron chi connectivity index (χ0n) is 30.3. The number of nitrogens with two attached hydrogens (primary N) is 1. The number of ether oxygens (including phenoxy) is 5. The molecule has 2 saturated carbocycles. The molecule has 2 aliphatic heterocycles. The van der Waals surface area contributed by atoms with Gasteiger partial charge in [0, 0.05) is 37.5 Å². The van der Waals surface area contributed by atoms with Crippen molar-refractivity contribution in [2.75, 3.05) is 46.0 Å². The number of rotatable bonds is 12. The van der Waals surface area contributed by atoms with Crippen LogP contribution in [0.1, 0.15) is 51.5 Å². The van der Waals surface area contributed by atoms with Crippen molar-refractivity contribution in [2.24, 2.45) is 23.0 Å². The molecule has 0 bridgehead atoms. The predicted molar refractivity (Wildman–Crippen MR) is 195 cm³/mol. The molecule has 2 saturated heterocycles. The molecule has 2 unspecified atom stereocenters. The summed E-state index contributed by atoms with van der Waals surface area (Å²) in [7, 11) is 0. The van der Waals surface area contributed by atoms with E-state index in [1.165, 1.54) is 22.7 Å². The lowest BCUT2D eigenvalue weighted by Gasteiger charge is -2.35. The molecule has 3 N–H and O–H groups in total. The van der Waals surface area contributed by atoms with Crippen LogP contribution in [0.3, 0.4) is 0 Å². The molecule has 0 radical (unpaired) electrons. The lowest BCUT2D eigenvalue weighted by molar-refractivity contribution is -0.141. The number of nitrogens with one attached hydrogen (secondary N) is 1. The van der Waals surface area contributed by atoms with E-state index in [4.69, 9.17) is 41.0 Å². The molecular weight excluding hydrogens is 726 g/mol. The second kappa shape index (κ2) is 15.4. The van der Waals surface area contributed by atoms with Crippen molar-refractivity contribution >= 4 is 51.7 Å². The molecule has 17 heteroatoms. The summed E-state index contributed by atoms with van der Waals surface area (Å²) in [6.07, 6.45) is 1.58. The Hall–Kier alpha value is -3.99. The van der Waals surface area contributed by atoms with Crippen LogP contribution in [0, 0.1) is 24.2 Å². The fourth-order valence-corrected chi connectivity index (χ4v) is 8.22. The summed E-state index contributed by atoms with van der Waals surface area (Å²) in [6, 6.07) is 3.22. The molecule has 7 rings (SSSR count). The van der Waals surface area contributed by atoms with Crippen molar-refractivity contribution in [1.82, 2.24) is 30.3 Å². The van der Waals surface area contributed by atoms with Crippen LogP contribution in [-0.4, -0.2) is 113 Å². The molecule has 4 heterocycles. The van der Waals surface area contributed by atoms with Crippen molar-refractivity contribution in [1.29, 1.82) is 0 Å². The number of nitrogens with zero attached hydrogens (tertiary/aromatic N) is 5. The number of hydrogen-bond acceptors (Lipinski definition) is 13. The topological polar surface area (TPSA) is 181 Å². The first kappa shape index (κ1) is 37.3. The van der Waals surface area contributed by atoms with Crippen LogP contribution in [-0.2, 0) is 19.1 Å². The van der Waals surface area contributed by atoms with Gasteiger partial charge < -0.3 is 39.6 Å². The van der Waals surface area contributed by atoms with Gasteiger partial charge in [-0.15, -0.1) is 5.10 Å². The second-order valence-electron chi connectivity index (χ2n) is 15.3. The number of carbonyl (C=O) groups excluding carboxylic acids is 3. The summed E-state index contributed by atoms with van der Waals surface area (Å²) in [5.41, 5.74) is 5.53. The van der Waals surface area contributed by atoms with Gasteiger partial charge in [0.05, 0.1) is 19.8 Å². The van der Waals surface area contributed by atoms with Gasteiger partial charge in [0.15, 0.2) is 0 Å². The number of aryl methyl sites for hydroxylation is 1. The molecule has 3 amide bonds. The third kappa shape index (κ3) is 8.71. The smallest absolute Gasteiger partial charge is 0.408 e. The molecule has 1 aromatic carbocycles. The maximum Gasteiger partial charge on any atom is 0.408 e. The van der Waals surface area contributed by atoms with Crippen molar-refractivity contribution in [2.45, 2.75) is 77.7 Å². The highest BCUT2D eigenvalue weighted by Gasteiger charge is 2.48. The lowest BCUT2D eigenvalue weighted by Crippen LogP contribution is -2.57. The third-order valence-corrected chi connectivity index (χ3v) is 11.4. The van der Waals surface area contributed by atoms with Crippen LogP contribution >= 0.6 is 22.9 Å². The van der Waals surface area contributed by atoms with Crippen molar-refractivity contribution in [3.63, 3.8) is 0 Å². The Balaban J connectivity index is 1.11. The van der Waals surface area contributed by atoms with Crippen LogP contribution in [0.5, 0.6) is 22.6 Å². The number of morpholine rings is 1. The van der Waals surface area contributed by atoms with Gasteiger partial charge in [0.2, 0.25) is 17.7 Å². The molecule has 3 aromatic rings. The first-order valence-corrected chi connectivity index (χ1v) is 19.3. The van der Waals surface area contributed by atoms with Crippen LogP contribution in [0.25, 0.3) is 10.9 Å². The van der Waals surface area contributed by atoms with E-state index in [2.05, 4.69) is 25.4 Å². The minimum Gasteiger partial charge on any atom is -0.491 e. The number of halogens is 1. The Kier molecular flexibility index (Phi) is 10.8. The fraction of sp³-hybridized carbons (Fsp3) is 0.611. The average molecular weight is 772 g/mol. The van der Waals surface area contributed by atoms with Crippen molar-refractivity contribution in [3.8, 4) is 22.6 Å². The zero-order valence-corrected chi connectivity index (χ0v) is 31.9. The summed E-state index contributed by atoms with van der Waals surface area (Å²) < 4.78 is 29.8. The number of hydrogen-bond donors (Lipinski definition) is 2. The van der Waals surface area contributed by atoms with Crippen molar-refractivity contribution < 1.29 is 38.1 Å². The minimum atomic E-state index is -0.982. The normalized spacial score (nSPS) is 24.8. The number of amides is 3. The first-order chi connectivity index (χ1) is 25.3. The summed E-state index contributed by atoms with van der Waals surface area (Å²) in [5, 5.41) is 12.7. The molecule has 4 fully saturated rings. The zero-order chi connectivity index (χ0) is 37.4. The molecule has 286 valence electrons. The van der Waals surface area contributed by atoms with Crippen LogP contribution < -0.4 is 25.3 Å². The predicted octanol–water partition coefficient (Wildman–Crippen LogP) is 4.32. The van der Waals surface area contributed by atoms with Crippen LogP contribution in [0.4, 0.5) is 4.79 Å². The SMILES string of the molecule is Cc1nnc(Oc2cc(OC3C[C@@H](C(N)=O)N(C(=O)[C@@H](NC(=O)OC4C[C@@H]5C[C@@H]5C4)C(C)(C)C)C3)c3ccc(OCCN4CCOCC4)c(Cl)c3n2)s1. The second-order valence-corrected chi connectivity index (χ2v) is 16.8. The minimum absolute atomic E-state index is 0.0355. The van der Waals surface area contributed by atoms with Gasteiger partial charge in [0.25, 0.3) is 0 Å². The van der Waals surface area contributed by atoms with Gasteiger partial charge in [-0.3, -0.25) is 14.5 Å². The maximum absolute atomic E-state index is 14.2. The number of primary amides is 1. The maximum atomic E-state index is 14.2. The molecule has 0 spiro atoms. The van der Waals surface area contributed by atoms with E-state index >= 15 is 0 Å². The Morgan fingerprint density at radius 2 is 1.83 bits per heavy atom. The Bertz CT molecular complexity index is 1840. The number of aromatic nitrogens is 3. The number of carbonyl (C=O) groups is 3. The summed E-state index contributed by atoms with van der Waals surface area (Å²) in [5.74, 6) is 1.11. The average Bonchev–Trinajstić information content (AvgIpc) is 3.39. The number of alkyl carbamates (subject to hydrolysis) is 1. The molecule has 15 nitrogen and oxygen atoms in total. The van der Waals surface area contributed by atoms with E-state index in [0.717, 1.165) is 25.9 Å². The number of benzene rings is 1. The van der Waals surface area contributed by atoms with E-state index in [9.17, 15) is 14.4 Å². The Morgan fingerprint density at radius 3 is 2.51 bits per heavy atom. The van der Waals surface area contributed by atoms with Gasteiger partial charge in [-0.05, 0) is 55.6 Å². The van der Waals surface area contributed by atoms with Crippen LogP contribution in [0.2, 0.25) is 5.02 Å². The molecule has 6 atom stereocenters. The highest BCUT2D eigenvalue weighted by atomic mass is 35.5. The summed E-state index contributed by atoms with van der Waals surface area (Å²) >= 11 is 8.18. The Labute approximate surface area is 316 Å². The molecular formula is C36H46ClN7O8S.